The van der Waals surface area contributed by atoms with Crippen molar-refractivity contribution in [3.8, 4) is 17.0 Å². The number of carbonyl (C=O) groups is 1. The van der Waals surface area contributed by atoms with Crippen molar-refractivity contribution in [3.05, 3.63) is 61.9 Å². The Balaban J connectivity index is 1.79. The molecule has 0 atom stereocenters. The summed E-state index contributed by atoms with van der Waals surface area (Å²) in [4.78, 5) is 16.8. The molecule has 0 unspecified atom stereocenters. The lowest BCUT2D eigenvalue weighted by Gasteiger charge is -2.05. The molecule has 25 heavy (non-hydrogen) atoms. The number of anilines is 1. The molecule has 0 radical (unpaired) electrons. The number of methoxy groups -OCH3 is 1. The molecule has 3 rings (SSSR count). The third-order valence-electron chi connectivity index (χ3n) is 3.35. The summed E-state index contributed by atoms with van der Waals surface area (Å²) in [6.45, 7) is 0. The molecule has 4 nitrogen and oxygen atoms in total. The van der Waals surface area contributed by atoms with Crippen LogP contribution < -0.4 is 10.1 Å². The third-order valence-corrected chi connectivity index (χ3v) is 5.27. The quantitative estimate of drug-likeness (QED) is 0.511. The van der Waals surface area contributed by atoms with E-state index in [4.69, 9.17) is 27.9 Å². The third kappa shape index (κ3) is 4.15. The second kappa shape index (κ2) is 7.74. The molecule has 0 saturated heterocycles. The number of rotatable bonds is 4. The first kappa shape index (κ1) is 18.2. The zero-order valence-corrected chi connectivity index (χ0v) is 16.8. The van der Waals surface area contributed by atoms with Crippen molar-refractivity contribution in [2.75, 3.05) is 12.4 Å². The molecule has 1 amide bonds. The highest BCUT2D eigenvalue weighted by atomic mass is 79.9. The van der Waals surface area contributed by atoms with Crippen molar-refractivity contribution in [1.82, 2.24) is 4.98 Å². The van der Waals surface area contributed by atoms with Gasteiger partial charge >= 0.3 is 0 Å². The van der Waals surface area contributed by atoms with E-state index in [1.54, 1.807) is 19.2 Å². The SMILES string of the molecule is COc1ccc(-c2csc(NC(=O)c3ccc(Cl)cc3Cl)n2)cc1Br. The molecule has 0 aliphatic carbocycles. The lowest BCUT2D eigenvalue weighted by molar-refractivity contribution is 0.102. The van der Waals surface area contributed by atoms with Gasteiger partial charge in [-0.3, -0.25) is 10.1 Å². The normalized spacial score (nSPS) is 10.6. The van der Waals surface area contributed by atoms with Gasteiger partial charge < -0.3 is 4.74 Å². The van der Waals surface area contributed by atoms with Gasteiger partial charge in [-0.25, -0.2) is 4.98 Å². The number of nitrogens with zero attached hydrogens (tertiary/aromatic N) is 1. The maximum absolute atomic E-state index is 12.3. The Morgan fingerprint density at radius 1 is 1.24 bits per heavy atom. The minimum Gasteiger partial charge on any atom is -0.496 e. The molecule has 128 valence electrons. The molecule has 0 saturated carbocycles. The first-order chi connectivity index (χ1) is 12.0. The zero-order valence-electron chi connectivity index (χ0n) is 12.8. The van der Waals surface area contributed by atoms with E-state index in [1.807, 2.05) is 23.6 Å². The van der Waals surface area contributed by atoms with Gasteiger partial charge in [0, 0.05) is 16.0 Å². The van der Waals surface area contributed by atoms with Gasteiger partial charge in [-0.1, -0.05) is 23.2 Å². The van der Waals surface area contributed by atoms with Gasteiger partial charge in [0.05, 0.1) is 27.9 Å². The molecule has 1 aromatic heterocycles. The summed E-state index contributed by atoms with van der Waals surface area (Å²) < 4.78 is 6.05. The second-order valence-corrected chi connectivity index (χ2v) is 7.52. The summed E-state index contributed by atoms with van der Waals surface area (Å²) >= 11 is 16.7. The van der Waals surface area contributed by atoms with Crippen LogP contribution in [0.4, 0.5) is 5.13 Å². The highest BCUT2D eigenvalue weighted by Gasteiger charge is 2.14. The summed E-state index contributed by atoms with van der Waals surface area (Å²) in [7, 11) is 1.61. The predicted octanol–water partition coefficient (Wildman–Crippen LogP) is 6.14. The molecule has 8 heteroatoms. The monoisotopic (exact) mass is 456 g/mol. The van der Waals surface area contributed by atoms with Gasteiger partial charge in [0.25, 0.3) is 5.91 Å². The van der Waals surface area contributed by atoms with Crippen LogP contribution in [0.2, 0.25) is 10.0 Å². The molecular weight excluding hydrogens is 447 g/mol. The summed E-state index contributed by atoms with van der Waals surface area (Å²) in [5, 5.41) is 5.87. The topological polar surface area (TPSA) is 51.2 Å². The number of hydrogen-bond acceptors (Lipinski definition) is 4. The van der Waals surface area contributed by atoms with Crippen molar-refractivity contribution in [3.63, 3.8) is 0 Å². The van der Waals surface area contributed by atoms with Crippen LogP contribution in [0.15, 0.2) is 46.3 Å². The number of benzene rings is 2. The Hall–Kier alpha value is -1.60. The number of ether oxygens (including phenoxy) is 1. The Morgan fingerprint density at radius 3 is 2.72 bits per heavy atom. The van der Waals surface area contributed by atoms with Crippen molar-refractivity contribution in [2.45, 2.75) is 0 Å². The molecule has 0 fully saturated rings. The highest BCUT2D eigenvalue weighted by molar-refractivity contribution is 9.10. The van der Waals surface area contributed by atoms with E-state index >= 15 is 0 Å². The smallest absolute Gasteiger partial charge is 0.258 e. The minimum atomic E-state index is -0.335. The number of amides is 1. The van der Waals surface area contributed by atoms with Gasteiger partial charge in [-0.05, 0) is 52.3 Å². The maximum Gasteiger partial charge on any atom is 0.258 e. The number of thiazole rings is 1. The van der Waals surface area contributed by atoms with Gasteiger partial charge in [-0.2, -0.15) is 0 Å². The number of carbonyl (C=O) groups excluding carboxylic acids is 1. The van der Waals surface area contributed by atoms with E-state index in [0.29, 0.717) is 20.7 Å². The fourth-order valence-corrected chi connectivity index (χ4v) is 3.88. The maximum atomic E-state index is 12.3. The van der Waals surface area contributed by atoms with E-state index in [9.17, 15) is 4.79 Å². The highest BCUT2D eigenvalue weighted by Crippen LogP contribution is 2.32. The molecule has 0 bridgehead atoms. The van der Waals surface area contributed by atoms with Crippen molar-refractivity contribution < 1.29 is 9.53 Å². The Bertz CT molecular complexity index is 946. The van der Waals surface area contributed by atoms with E-state index in [2.05, 4.69) is 26.2 Å². The fraction of sp³-hybridized carbons (Fsp3) is 0.0588. The summed E-state index contributed by atoms with van der Waals surface area (Å²) in [5.41, 5.74) is 2.01. The lowest BCUT2D eigenvalue weighted by atomic mass is 10.2. The molecule has 1 N–H and O–H groups in total. The van der Waals surface area contributed by atoms with Crippen LogP contribution in [-0.2, 0) is 0 Å². The average molecular weight is 458 g/mol. The van der Waals surface area contributed by atoms with Gasteiger partial charge in [-0.15, -0.1) is 11.3 Å². The lowest BCUT2D eigenvalue weighted by Crippen LogP contribution is -2.12. The van der Waals surface area contributed by atoms with E-state index in [1.165, 1.54) is 17.4 Å². The molecule has 0 aliphatic rings. The minimum absolute atomic E-state index is 0.292. The number of halogens is 3. The Morgan fingerprint density at radius 2 is 2.04 bits per heavy atom. The van der Waals surface area contributed by atoms with Crippen LogP contribution in [0.5, 0.6) is 5.75 Å². The first-order valence-electron chi connectivity index (χ1n) is 7.04. The van der Waals surface area contributed by atoms with Crippen LogP contribution in [0.1, 0.15) is 10.4 Å². The van der Waals surface area contributed by atoms with Crippen LogP contribution in [0.3, 0.4) is 0 Å². The molecule has 1 heterocycles. The molecule has 2 aromatic carbocycles. The van der Waals surface area contributed by atoms with Gasteiger partial charge in [0.15, 0.2) is 5.13 Å². The van der Waals surface area contributed by atoms with Gasteiger partial charge in [0.1, 0.15) is 5.75 Å². The number of hydrogen-bond donors (Lipinski definition) is 1. The van der Waals surface area contributed by atoms with Crippen molar-refractivity contribution in [2.24, 2.45) is 0 Å². The first-order valence-corrected chi connectivity index (χ1v) is 9.46. The molecule has 0 aliphatic heterocycles. The second-order valence-electron chi connectivity index (χ2n) is 4.97. The van der Waals surface area contributed by atoms with Crippen LogP contribution >= 0.6 is 50.5 Å². The molecule has 3 aromatic rings. The number of aromatic nitrogens is 1. The zero-order chi connectivity index (χ0) is 18.0. The Kier molecular flexibility index (Phi) is 5.64. The Labute approximate surface area is 166 Å². The van der Waals surface area contributed by atoms with E-state index in [-0.39, 0.29) is 5.91 Å². The van der Waals surface area contributed by atoms with E-state index < -0.39 is 0 Å². The molecular formula is C17H11BrCl2N2O2S. The predicted molar refractivity (Wildman–Crippen MR) is 106 cm³/mol. The largest absolute Gasteiger partial charge is 0.496 e. The summed E-state index contributed by atoms with van der Waals surface area (Å²) in [6, 6.07) is 10.4. The standard InChI is InChI=1S/C17H11BrCl2N2O2S/c1-24-15-5-2-9(6-12(15)18)14-8-25-17(21-14)22-16(23)11-4-3-10(19)7-13(11)20/h2-8H,1H3,(H,21,22,23). The van der Waals surface area contributed by atoms with Gasteiger partial charge in [0.2, 0.25) is 0 Å². The van der Waals surface area contributed by atoms with Crippen LogP contribution in [0, 0.1) is 0 Å². The average Bonchev–Trinajstić information content (AvgIpc) is 3.03. The van der Waals surface area contributed by atoms with E-state index in [0.717, 1.165) is 21.5 Å². The molecule has 0 spiro atoms. The van der Waals surface area contributed by atoms with Crippen molar-refractivity contribution >= 4 is 61.5 Å². The van der Waals surface area contributed by atoms with Crippen molar-refractivity contribution in [1.29, 1.82) is 0 Å². The summed E-state index contributed by atoms with van der Waals surface area (Å²) in [5.74, 6) is 0.406. The number of nitrogens with one attached hydrogen (secondary N) is 1. The van der Waals surface area contributed by atoms with Crippen LogP contribution in [0.25, 0.3) is 11.3 Å². The van der Waals surface area contributed by atoms with Crippen LogP contribution in [-0.4, -0.2) is 18.0 Å². The summed E-state index contributed by atoms with van der Waals surface area (Å²) in [6.07, 6.45) is 0. The fourth-order valence-electron chi connectivity index (χ4n) is 2.13.